The Hall–Kier alpha value is -3.16. The first-order chi connectivity index (χ1) is 10.7. The molecule has 0 unspecified atom stereocenters. The van der Waals surface area contributed by atoms with E-state index in [4.69, 9.17) is 4.52 Å². The molecule has 0 N–H and O–H groups in total. The molecule has 1 aromatic carbocycles. The summed E-state index contributed by atoms with van der Waals surface area (Å²) >= 11 is 0. The summed E-state index contributed by atoms with van der Waals surface area (Å²) in [5, 5.41) is 11.4. The minimum Gasteiger partial charge on any atom is -0.334 e. The highest BCUT2D eigenvalue weighted by molar-refractivity contribution is 5.61. The summed E-state index contributed by atoms with van der Waals surface area (Å²) in [7, 11) is 0. The Bertz CT molecular complexity index is 978. The summed E-state index contributed by atoms with van der Waals surface area (Å²) in [6.07, 6.45) is 3.25. The fourth-order valence-corrected chi connectivity index (χ4v) is 2.07. The molecular weight excluding hydrogens is 292 g/mol. The van der Waals surface area contributed by atoms with Gasteiger partial charge in [-0.1, -0.05) is 5.16 Å². The molecule has 0 atom stereocenters. The maximum atomic E-state index is 13.7. The van der Waals surface area contributed by atoms with Gasteiger partial charge < -0.3 is 4.52 Å². The number of hydrogen-bond acceptors (Lipinski definition) is 5. The Balaban J connectivity index is 1.78. The van der Waals surface area contributed by atoms with E-state index in [1.54, 1.807) is 22.7 Å². The average molecular weight is 299 g/mol. The minimum absolute atomic E-state index is 0.0795. The van der Waals surface area contributed by atoms with Gasteiger partial charge in [0, 0.05) is 11.8 Å². The van der Waals surface area contributed by atoms with Gasteiger partial charge in [-0.25, -0.2) is 8.78 Å². The highest BCUT2D eigenvalue weighted by Crippen LogP contribution is 2.25. The Kier molecular flexibility index (Phi) is 2.68. The third-order valence-corrected chi connectivity index (χ3v) is 3.13. The average Bonchev–Trinajstić information content (AvgIpc) is 3.17. The van der Waals surface area contributed by atoms with Crippen LogP contribution in [0.25, 0.3) is 28.5 Å². The van der Waals surface area contributed by atoms with Crippen LogP contribution in [0, 0.1) is 11.6 Å². The van der Waals surface area contributed by atoms with Crippen molar-refractivity contribution in [3.8, 4) is 22.8 Å². The van der Waals surface area contributed by atoms with E-state index in [0.29, 0.717) is 11.2 Å². The maximum Gasteiger partial charge on any atom is 0.261 e. The maximum absolute atomic E-state index is 13.7. The van der Waals surface area contributed by atoms with Crippen LogP contribution in [0.5, 0.6) is 0 Å². The zero-order chi connectivity index (χ0) is 15.1. The molecule has 3 heterocycles. The first-order valence-corrected chi connectivity index (χ1v) is 6.29. The van der Waals surface area contributed by atoms with Crippen molar-refractivity contribution in [1.82, 2.24) is 24.7 Å². The van der Waals surface area contributed by atoms with E-state index < -0.39 is 11.6 Å². The fourth-order valence-electron chi connectivity index (χ4n) is 2.07. The van der Waals surface area contributed by atoms with Crippen LogP contribution in [0.1, 0.15) is 0 Å². The second kappa shape index (κ2) is 4.69. The zero-order valence-corrected chi connectivity index (χ0v) is 10.9. The first-order valence-electron chi connectivity index (χ1n) is 6.29. The van der Waals surface area contributed by atoms with Crippen molar-refractivity contribution in [3.05, 3.63) is 54.5 Å². The number of halogens is 2. The lowest BCUT2D eigenvalue weighted by Gasteiger charge is -1.97. The first kappa shape index (κ1) is 12.6. The van der Waals surface area contributed by atoms with Crippen LogP contribution in [0.4, 0.5) is 8.78 Å². The molecule has 0 saturated carbocycles. The van der Waals surface area contributed by atoms with E-state index in [-0.39, 0.29) is 17.3 Å². The quantitative estimate of drug-likeness (QED) is 0.569. The fraction of sp³-hybridized carbons (Fsp3) is 0. The number of benzene rings is 1. The Labute approximate surface area is 122 Å². The van der Waals surface area contributed by atoms with Crippen LogP contribution >= 0.6 is 0 Å². The van der Waals surface area contributed by atoms with Crippen LogP contribution in [-0.4, -0.2) is 24.7 Å². The van der Waals surface area contributed by atoms with Gasteiger partial charge in [0.25, 0.3) is 5.89 Å². The molecule has 3 aromatic heterocycles. The molecule has 0 aliphatic heterocycles. The summed E-state index contributed by atoms with van der Waals surface area (Å²) in [5.74, 6) is -1.04. The lowest BCUT2D eigenvalue weighted by atomic mass is 10.2. The molecular formula is C14H7F2N5O. The van der Waals surface area contributed by atoms with Crippen molar-refractivity contribution in [2.24, 2.45) is 0 Å². The lowest BCUT2D eigenvalue weighted by molar-refractivity contribution is 0.429. The lowest BCUT2D eigenvalue weighted by Crippen LogP contribution is -1.88. The van der Waals surface area contributed by atoms with Crippen LogP contribution in [0.2, 0.25) is 0 Å². The molecule has 0 amide bonds. The second-order valence-electron chi connectivity index (χ2n) is 4.56. The van der Waals surface area contributed by atoms with Gasteiger partial charge in [0.05, 0.1) is 5.56 Å². The van der Waals surface area contributed by atoms with Crippen molar-refractivity contribution in [3.63, 3.8) is 0 Å². The van der Waals surface area contributed by atoms with Gasteiger partial charge in [-0.2, -0.15) is 4.98 Å². The molecule has 108 valence electrons. The standard InChI is InChI=1S/C14H7F2N5O/c15-9-2-3-11(16)10(5-9)14-18-13(20-22-14)8-1-4-12-19-17-7-21(12)6-8/h1-7H. The third-order valence-electron chi connectivity index (χ3n) is 3.13. The number of fused-ring (bicyclic) bond motifs is 1. The monoisotopic (exact) mass is 299 g/mol. The van der Waals surface area contributed by atoms with Crippen LogP contribution in [-0.2, 0) is 0 Å². The molecule has 4 aromatic rings. The van der Waals surface area contributed by atoms with E-state index >= 15 is 0 Å². The molecule has 8 heteroatoms. The molecule has 0 bridgehead atoms. The number of pyridine rings is 1. The molecule has 22 heavy (non-hydrogen) atoms. The third kappa shape index (κ3) is 2.01. The molecule has 0 aliphatic carbocycles. The predicted octanol–water partition coefficient (Wildman–Crippen LogP) is 2.72. The molecule has 0 aliphatic rings. The van der Waals surface area contributed by atoms with Crippen LogP contribution in [0.3, 0.4) is 0 Å². The second-order valence-corrected chi connectivity index (χ2v) is 4.56. The summed E-state index contributed by atoms with van der Waals surface area (Å²) in [5.41, 5.74) is 1.23. The van der Waals surface area contributed by atoms with Gasteiger partial charge in [0.15, 0.2) is 5.65 Å². The topological polar surface area (TPSA) is 69.1 Å². The number of hydrogen-bond donors (Lipinski definition) is 0. The summed E-state index contributed by atoms with van der Waals surface area (Å²) in [6.45, 7) is 0. The van der Waals surface area contributed by atoms with Crippen molar-refractivity contribution in [1.29, 1.82) is 0 Å². The summed E-state index contributed by atoms with van der Waals surface area (Å²) in [4.78, 5) is 4.11. The van der Waals surface area contributed by atoms with Crippen molar-refractivity contribution in [2.45, 2.75) is 0 Å². The molecule has 4 rings (SSSR count). The largest absolute Gasteiger partial charge is 0.334 e. The summed E-state index contributed by atoms with van der Waals surface area (Å²) in [6, 6.07) is 6.52. The molecule has 0 saturated heterocycles. The van der Waals surface area contributed by atoms with E-state index in [1.165, 1.54) is 6.33 Å². The van der Waals surface area contributed by atoms with Crippen molar-refractivity contribution >= 4 is 5.65 Å². The van der Waals surface area contributed by atoms with Gasteiger partial charge in [0.1, 0.15) is 18.0 Å². The van der Waals surface area contributed by atoms with Crippen LogP contribution in [0.15, 0.2) is 47.4 Å². The van der Waals surface area contributed by atoms with Gasteiger partial charge in [0.2, 0.25) is 5.82 Å². The normalized spacial score (nSPS) is 11.2. The Morgan fingerprint density at radius 3 is 2.91 bits per heavy atom. The summed E-state index contributed by atoms with van der Waals surface area (Å²) < 4.78 is 33.7. The molecule has 6 nitrogen and oxygen atoms in total. The highest BCUT2D eigenvalue weighted by Gasteiger charge is 2.15. The van der Waals surface area contributed by atoms with Crippen molar-refractivity contribution in [2.75, 3.05) is 0 Å². The van der Waals surface area contributed by atoms with Gasteiger partial charge in [-0.3, -0.25) is 4.40 Å². The Morgan fingerprint density at radius 1 is 1.09 bits per heavy atom. The zero-order valence-electron chi connectivity index (χ0n) is 10.9. The van der Waals surface area contributed by atoms with Gasteiger partial charge >= 0.3 is 0 Å². The highest BCUT2D eigenvalue weighted by atomic mass is 19.1. The van der Waals surface area contributed by atoms with E-state index in [9.17, 15) is 8.78 Å². The SMILES string of the molecule is Fc1ccc(F)c(-c2nc(-c3ccc4nncn4c3)no2)c1. The van der Waals surface area contributed by atoms with E-state index in [0.717, 1.165) is 18.2 Å². The van der Waals surface area contributed by atoms with Gasteiger partial charge in [-0.05, 0) is 30.3 Å². The predicted molar refractivity (Wildman–Crippen MR) is 71.6 cm³/mol. The number of nitrogens with zero attached hydrogens (tertiary/aromatic N) is 5. The molecule has 0 spiro atoms. The number of rotatable bonds is 2. The molecule has 0 fully saturated rings. The minimum atomic E-state index is -0.633. The smallest absolute Gasteiger partial charge is 0.261 e. The van der Waals surface area contributed by atoms with E-state index in [1.807, 2.05) is 0 Å². The van der Waals surface area contributed by atoms with Gasteiger partial charge in [-0.15, -0.1) is 10.2 Å². The Morgan fingerprint density at radius 2 is 2.00 bits per heavy atom. The van der Waals surface area contributed by atoms with Crippen LogP contribution < -0.4 is 0 Å². The molecule has 0 radical (unpaired) electrons. The number of aromatic nitrogens is 5. The van der Waals surface area contributed by atoms with Crippen molar-refractivity contribution < 1.29 is 13.3 Å². The van der Waals surface area contributed by atoms with E-state index in [2.05, 4.69) is 20.3 Å².